The maximum atomic E-state index is 10.9. The molecular weight excluding hydrogens is 180 g/mol. The van der Waals surface area contributed by atoms with Crippen LogP contribution in [0.2, 0.25) is 0 Å². The summed E-state index contributed by atoms with van der Waals surface area (Å²) in [6, 6.07) is 0. The summed E-state index contributed by atoms with van der Waals surface area (Å²) in [4.78, 5) is 10.9. The Morgan fingerprint density at radius 3 is 1.92 bits per heavy atom. The third-order valence-corrected chi connectivity index (χ3v) is 1.54. The lowest BCUT2D eigenvalue weighted by atomic mass is 10.0. The number of hydrogen-bond acceptors (Lipinski definition) is 6. The average molecular weight is 194 g/mol. The molecule has 6 heteroatoms. The van der Waals surface area contributed by atoms with Crippen molar-refractivity contribution in [2.75, 3.05) is 13.2 Å². The second-order valence-electron chi connectivity index (χ2n) is 2.69. The Bertz CT molecular complexity index is 159. The third kappa shape index (κ3) is 4.30. The van der Waals surface area contributed by atoms with Gasteiger partial charge in [-0.1, -0.05) is 0 Å². The molecule has 5 N–H and O–H groups in total. The van der Waals surface area contributed by atoms with Gasteiger partial charge in [-0.05, 0) is 0 Å². The fourth-order valence-corrected chi connectivity index (χ4v) is 0.760. The van der Waals surface area contributed by atoms with Gasteiger partial charge in [0.05, 0.1) is 19.3 Å². The van der Waals surface area contributed by atoms with E-state index in [4.69, 9.17) is 25.5 Å². The summed E-state index contributed by atoms with van der Waals surface area (Å²) in [5.41, 5.74) is 0. The van der Waals surface area contributed by atoms with Crippen LogP contribution in [-0.4, -0.2) is 62.8 Å². The van der Waals surface area contributed by atoms with Crippen molar-refractivity contribution in [1.82, 2.24) is 0 Å². The lowest BCUT2D eigenvalue weighted by Gasteiger charge is -2.14. The highest BCUT2D eigenvalue weighted by molar-refractivity contribution is 5.87. The molecule has 3 atom stereocenters. The predicted octanol–water partition coefficient (Wildman–Crippen LogP) is -2.99. The van der Waals surface area contributed by atoms with E-state index in [2.05, 4.69) is 0 Å². The van der Waals surface area contributed by atoms with E-state index in [-0.39, 0.29) is 6.42 Å². The molecule has 0 saturated carbocycles. The molecule has 0 heterocycles. The molecule has 0 aliphatic rings. The molecule has 13 heavy (non-hydrogen) atoms. The Balaban J connectivity index is 3.95. The number of carbonyl (C=O) groups is 1. The van der Waals surface area contributed by atoms with Gasteiger partial charge in [-0.15, -0.1) is 0 Å². The standard InChI is InChI=1S/C7H14O6/c8-2-4(10)1-5(11)7(13)6(12)3-9/h4-6,8-12H,1-3H2/t4-,5+,6+/m0/s1. The fraction of sp³-hybridized carbons (Fsp3) is 0.857. The molecule has 6 nitrogen and oxygen atoms in total. The van der Waals surface area contributed by atoms with Gasteiger partial charge < -0.3 is 25.5 Å². The maximum absolute atomic E-state index is 10.9. The number of rotatable bonds is 6. The summed E-state index contributed by atoms with van der Waals surface area (Å²) in [6.45, 7) is -1.34. The molecule has 0 saturated heterocycles. The highest BCUT2D eigenvalue weighted by atomic mass is 16.3. The Labute approximate surface area is 75.1 Å². The van der Waals surface area contributed by atoms with Gasteiger partial charge in [0.15, 0.2) is 5.78 Å². The Kier molecular flexibility index (Phi) is 5.76. The van der Waals surface area contributed by atoms with Crippen LogP contribution in [0.5, 0.6) is 0 Å². The summed E-state index contributed by atoms with van der Waals surface area (Å²) in [7, 11) is 0. The van der Waals surface area contributed by atoms with Crippen molar-refractivity contribution in [3.05, 3.63) is 0 Å². The summed E-state index contributed by atoms with van der Waals surface area (Å²) in [5, 5.41) is 43.4. The van der Waals surface area contributed by atoms with Crippen LogP contribution in [-0.2, 0) is 4.79 Å². The van der Waals surface area contributed by atoms with Gasteiger partial charge in [0, 0.05) is 6.42 Å². The van der Waals surface area contributed by atoms with E-state index in [0.717, 1.165) is 0 Å². The molecule has 0 aromatic carbocycles. The molecule has 0 aliphatic carbocycles. The van der Waals surface area contributed by atoms with Gasteiger partial charge in [0.2, 0.25) is 0 Å². The van der Waals surface area contributed by atoms with E-state index in [1.165, 1.54) is 0 Å². The van der Waals surface area contributed by atoms with E-state index < -0.39 is 37.3 Å². The van der Waals surface area contributed by atoms with Crippen molar-refractivity contribution in [2.45, 2.75) is 24.7 Å². The van der Waals surface area contributed by atoms with Gasteiger partial charge in [-0.3, -0.25) is 4.79 Å². The quantitative estimate of drug-likeness (QED) is 0.308. The van der Waals surface area contributed by atoms with E-state index in [1.807, 2.05) is 0 Å². The fourth-order valence-electron chi connectivity index (χ4n) is 0.760. The normalized spacial score (nSPS) is 17.9. The molecule has 0 radical (unpaired) electrons. The summed E-state index contributed by atoms with van der Waals surface area (Å²) in [5.74, 6) is -0.963. The minimum absolute atomic E-state index is 0.355. The van der Waals surface area contributed by atoms with Gasteiger partial charge in [-0.2, -0.15) is 0 Å². The van der Waals surface area contributed by atoms with Crippen LogP contribution in [0.3, 0.4) is 0 Å². The van der Waals surface area contributed by atoms with Crippen LogP contribution >= 0.6 is 0 Å². The first-order valence-electron chi connectivity index (χ1n) is 3.82. The molecule has 0 aromatic heterocycles. The second-order valence-corrected chi connectivity index (χ2v) is 2.69. The highest BCUT2D eigenvalue weighted by Crippen LogP contribution is 2.01. The molecular formula is C7H14O6. The zero-order chi connectivity index (χ0) is 10.4. The van der Waals surface area contributed by atoms with Crippen LogP contribution in [0.1, 0.15) is 6.42 Å². The van der Waals surface area contributed by atoms with Crippen molar-refractivity contribution < 1.29 is 30.3 Å². The first-order valence-corrected chi connectivity index (χ1v) is 3.82. The van der Waals surface area contributed by atoms with Crippen molar-refractivity contribution >= 4 is 5.78 Å². The van der Waals surface area contributed by atoms with E-state index in [9.17, 15) is 4.79 Å². The lowest BCUT2D eigenvalue weighted by Crippen LogP contribution is -2.37. The van der Waals surface area contributed by atoms with Crippen molar-refractivity contribution in [3.63, 3.8) is 0 Å². The van der Waals surface area contributed by atoms with Gasteiger partial charge in [0.1, 0.15) is 12.2 Å². The number of Topliss-reactive ketones (excluding diaryl/α,β-unsaturated/α-hetero) is 1. The number of carbonyl (C=O) groups excluding carboxylic acids is 1. The van der Waals surface area contributed by atoms with Gasteiger partial charge in [0.25, 0.3) is 0 Å². The van der Waals surface area contributed by atoms with E-state index in [1.54, 1.807) is 0 Å². The van der Waals surface area contributed by atoms with Gasteiger partial charge >= 0.3 is 0 Å². The third-order valence-electron chi connectivity index (χ3n) is 1.54. The molecule has 0 spiro atoms. The molecule has 0 rings (SSSR count). The highest BCUT2D eigenvalue weighted by Gasteiger charge is 2.24. The summed E-state index contributed by atoms with van der Waals surface area (Å²) >= 11 is 0. The zero-order valence-corrected chi connectivity index (χ0v) is 7.00. The average Bonchev–Trinajstić information content (AvgIpc) is 2.14. The molecule has 0 unspecified atom stereocenters. The van der Waals surface area contributed by atoms with Crippen LogP contribution in [0.15, 0.2) is 0 Å². The Morgan fingerprint density at radius 2 is 1.54 bits per heavy atom. The molecule has 0 bridgehead atoms. The molecule has 0 aromatic rings. The SMILES string of the molecule is O=C([C@H](O)CO)[C@H](O)C[C@H](O)CO. The first-order chi connectivity index (χ1) is 6.02. The minimum atomic E-state index is -1.64. The van der Waals surface area contributed by atoms with Crippen molar-refractivity contribution in [1.29, 1.82) is 0 Å². The zero-order valence-electron chi connectivity index (χ0n) is 7.00. The Morgan fingerprint density at radius 1 is 1.00 bits per heavy atom. The van der Waals surface area contributed by atoms with Crippen LogP contribution in [0.25, 0.3) is 0 Å². The number of aliphatic hydroxyl groups is 5. The lowest BCUT2D eigenvalue weighted by molar-refractivity contribution is -0.139. The van der Waals surface area contributed by atoms with Crippen LogP contribution in [0, 0.1) is 0 Å². The van der Waals surface area contributed by atoms with Crippen LogP contribution in [0.4, 0.5) is 0 Å². The Hall–Kier alpha value is -0.530. The first kappa shape index (κ1) is 12.5. The van der Waals surface area contributed by atoms with Crippen molar-refractivity contribution in [2.24, 2.45) is 0 Å². The molecule has 0 fully saturated rings. The molecule has 0 amide bonds. The van der Waals surface area contributed by atoms with E-state index in [0.29, 0.717) is 0 Å². The summed E-state index contributed by atoms with van der Waals surface area (Å²) in [6.07, 6.45) is -4.76. The van der Waals surface area contributed by atoms with E-state index >= 15 is 0 Å². The maximum Gasteiger partial charge on any atom is 0.192 e. The van der Waals surface area contributed by atoms with Crippen LogP contribution < -0.4 is 0 Å². The molecule has 0 aliphatic heterocycles. The van der Waals surface area contributed by atoms with Crippen molar-refractivity contribution in [3.8, 4) is 0 Å². The molecule has 78 valence electrons. The number of aliphatic hydroxyl groups excluding tert-OH is 5. The number of ketones is 1. The summed E-state index contributed by atoms with van der Waals surface area (Å²) < 4.78 is 0. The predicted molar refractivity (Wildman–Crippen MR) is 41.8 cm³/mol. The van der Waals surface area contributed by atoms with Gasteiger partial charge in [-0.25, -0.2) is 0 Å². The number of hydrogen-bond donors (Lipinski definition) is 5. The second kappa shape index (κ2) is 6.01. The topological polar surface area (TPSA) is 118 Å². The smallest absolute Gasteiger partial charge is 0.192 e. The largest absolute Gasteiger partial charge is 0.394 e. The minimum Gasteiger partial charge on any atom is -0.394 e. The monoisotopic (exact) mass is 194 g/mol.